The number of ether oxygens (including phenoxy) is 5. The molecule has 11 heteroatoms. The molecule has 0 radical (unpaired) electrons. The first-order valence-electron chi connectivity index (χ1n) is 10.4. The largest absolute Gasteiger partial charge is 0.508 e. The van der Waals surface area contributed by atoms with Crippen molar-refractivity contribution in [3.05, 3.63) is 41.2 Å². The van der Waals surface area contributed by atoms with Crippen LogP contribution >= 0.6 is 0 Å². The third kappa shape index (κ3) is 4.14. The maximum absolute atomic E-state index is 10.4. The van der Waals surface area contributed by atoms with Crippen molar-refractivity contribution >= 4 is 6.08 Å². The highest BCUT2D eigenvalue weighted by Gasteiger charge is 2.44. The average molecular weight is 478 g/mol. The minimum absolute atomic E-state index is 0.0584. The quantitative estimate of drug-likeness (QED) is 0.365. The van der Waals surface area contributed by atoms with Gasteiger partial charge in [-0.25, -0.2) is 0 Å². The minimum atomic E-state index is -1.59. The molecule has 6 atom stereocenters. The molecule has 34 heavy (non-hydrogen) atoms. The first kappa shape index (κ1) is 23.8. The Bertz CT molecular complexity index is 1070. The molecule has 11 nitrogen and oxygen atoms in total. The van der Waals surface area contributed by atoms with Gasteiger partial charge in [-0.3, -0.25) is 0 Å². The molecule has 2 heterocycles. The van der Waals surface area contributed by atoms with Crippen molar-refractivity contribution in [2.75, 3.05) is 14.2 Å². The van der Waals surface area contributed by atoms with Crippen LogP contribution in [0.1, 0.15) is 24.2 Å². The number of phenolic OH excluding ortho intramolecular Hbond substituents is 3. The molecule has 184 valence electrons. The first-order chi connectivity index (χ1) is 16.1. The Labute approximate surface area is 194 Å². The van der Waals surface area contributed by atoms with Crippen LogP contribution in [0.4, 0.5) is 0 Å². The van der Waals surface area contributed by atoms with E-state index in [1.54, 1.807) is 0 Å². The van der Waals surface area contributed by atoms with E-state index in [1.165, 1.54) is 45.4 Å². The van der Waals surface area contributed by atoms with Gasteiger partial charge in [0.25, 0.3) is 0 Å². The highest BCUT2D eigenvalue weighted by atomic mass is 16.7. The Balaban J connectivity index is 1.79. The second kappa shape index (κ2) is 9.11. The molecule has 0 bridgehead atoms. The molecule has 1 unspecified atom stereocenters. The summed E-state index contributed by atoms with van der Waals surface area (Å²) in [4.78, 5) is 0. The van der Waals surface area contributed by atoms with Crippen molar-refractivity contribution in [1.82, 2.24) is 0 Å². The van der Waals surface area contributed by atoms with Crippen LogP contribution in [0.25, 0.3) is 6.08 Å². The molecule has 0 aromatic heterocycles. The summed E-state index contributed by atoms with van der Waals surface area (Å²) < 4.78 is 27.9. The van der Waals surface area contributed by atoms with E-state index in [0.29, 0.717) is 5.56 Å². The van der Waals surface area contributed by atoms with Crippen molar-refractivity contribution in [2.45, 2.75) is 43.7 Å². The molecule has 2 aromatic carbocycles. The monoisotopic (exact) mass is 478 g/mol. The average Bonchev–Trinajstić information content (AvgIpc) is 2.81. The second-order valence-electron chi connectivity index (χ2n) is 7.99. The summed E-state index contributed by atoms with van der Waals surface area (Å²) in [6.45, 7) is 1.51. The summed E-state index contributed by atoms with van der Waals surface area (Å²) >= 11 is 0. The highest BCUT2D eigenvalue weighted by Crippen LogP contribution is 2.47. The van der Waals surface area contributed by atoms with Gasteiger partial charge in [0.15, 0.2) is 17.6 Å². The lowest BCUT2D eigenvalue weighted by Crippen LogP contribution is -2.57. The lowest BCUT2D eigenvalue weighted by molar-refractivity contribution is -0.285. The summed E-state index contributed by atoms with van der Waals surface area (Å²) in [6.07, 6.45) is -6.27. The number of benzene rings is 2. The number of methoxy groups -OCH3 is 2. The fourth-order valence-electron chi connectivity index (χ4n) is 3.88. The Kier molecular flexibility index (Phi) is 6.36. The molecular formula is C23H26O11. The number of hydrogen-bond donors (Lipinski definition) is 6. The zero-order valence-electron chi connectivity index (χ0n) is 18.6. The smallest absolute Gasteiger partial charge is 0.228 e. The summed E-state index contributed by atoms with van der Waals surface area (Å²) in [5.74, 6) is -0.387. The summed E-state index contributed by atoms with van der Waals surface area (Å²) in [7, 11) is 2.72. The van der Waals surface area contributed by atoms with Gasteiger partial charge >= 0.3 is 0 Å². The van der Waals surface area contributed by atoms with Gasteiger partial charge in [0.2, 0.25) is 12.0 Å². The predicted octanol–water partition coefficient (Wildman–Crippen LogP) is 1.14. The lowest BCUT2D eigenvalue weighted by Gasteiger charge is -2.40. The van der Waals surface area contributed by atoms with Gasteiger partial charge in [-0.15, -0.1) is 0 Å². The van der Waals surface area contributed by atoms with Gasteiger partial charge in [-0.2, -0.15) is 0 Å². The fourth-order valence-corrected chi connectivity index (χ4v) is 3.88. The molecule has 1 saturated heterocycles. The van der Waals surface area contributed by atoms with Crippen LogP contribution in [-0.4, -0.2) is 75.6 Å². The molecule has 2 aliphatic heterocycles. The topological polar surface area (TPSA) is 168 Å². The summed E-state index contributed by atoms with van der Waals surface area (Å²) in [5.41, 5.74) is 0.589. The van der Waals surface area contributed by atoms with E-state index in [2.05, 4.69) is 0 Å². The number of rotatable bonds is 5. The number of phenols is 3. The minimum Gasteiger partial charge on any atom is -0.508 e. The Hall–Kier alpha value is -3.38. The van der Waals surface area contributed by atoms with Crippen LogP contribution in [0.5, 0.6) is 34.5 Å². The Morgan fingerprint density at radius 1 is 0.853 bits per heavy atom. The predicted molar refractivity (Wildman–Crippen MR) is 116 cm³/mol. The van der Waals surface area contributed by atoms with Crippen LogP contribution in [0.3, 0.4) is 0 Å². The molecule has 1 fully saturated rings. The van der Waals surface area contributed by atoms with E-state index in [0.717, 1.165) is 6.07 Å². The van der Waals surface area contributed by atoms with E-state index in [-0.39, 0.29) is 45.8 Å². The Morgan fingerprint density at radius 3 is 2.12 bits per heavy atom. The van der Waals surface area contributed by atoms with Gasteiger partial charge in [-0.1, -0.05) is 0 Å². The van der Waals surface area contributed by atoms with Crippen molar-refractivity contribution in [3.63, 3.8) is 0 Å². The van der Waals surface area contributed by atoms with Gasteiger partial charge < -0.3 is 54.3 Å². The van der Waals surface area contributed by atoms with Crippen molar-refractivity contribution in [1.29, 1.82) is 0 Å². The van der Waals surface area contributed by atoms with Crippen LogP contribution in [0.15, 0.2) is 30.0 Å². The normalized spacial score (nSPS) is 28.4. The molecule has 2 aromatic rings. The molecule has 0 amide bonds. The molecule has 0 spiro atoms. The summed E-state index contributed by atoms with van der Waals surface area (Å²) in [6, 6.07) is 5.38. The van der Waals surface area contributed by atoms with Crippen molar-refractivity contribution < 1.29 is 54.3 Å². The number of aliphatic hydroxyl groups excluding tert-OH is 3. The maximum Gasteiger partial charge on any atom is 0.228 e. The third-order valence-electron chi connectivity index (χ3n) is 5.76. The molecular weight excluding hydrogens is 452 g/mol. The maximum atomic E-state index is 10.4. The van der Waals surface area contributed by atoms with E-state index in [1.807, 2.05) is 0 Å². The standard InChI is InChI=1S/C23H26O11/c1-9-18(26)20(28)21(29)23(32-9)34-17-8-12-13(25)6-11(24)7-14(12)33-22(17)10-4-15(30-2)19(27)16(5-10)31-3/h4-9,18,20-29H,1-3H3/t9-,18-,20+,21-,22?,23-/m0/s1. The lowest BCUT2D eigenvalue weighted by atomic mass is 9.98. The van der Waals surface area contributed by atoms with Gasteiger partial charge in [0.1, 0.15) is 41.3 Å². The Morgan fingerprint density at radius 2 is 1.50 bits per heavy atom. The zero-order valence-corrected chi connectivity index (χ0v) is 18.6. The first-order valence-corrected chi connectivity index (χ1v) is 10.4. The second-order valence-corrected chi connectivity index (χ2v) is 7.99. The molecule has 0 saturated carbocycles. The fraction of sp³-hybridized carbons (Fsp3) is 0.391. The van der Waals surface area contributed by atoms with Crippen LogP contribution in [0.2, 0.25) is 0 Å². The van der Waals surface area contributed by atoms with E-state index >= 15 is 0 Å². The van der Waals surface area contributed by atoms with Crippen LogP contribution < -0.4 is 14.2 Å². The number of aromatic hydroxyl groups is 3. The number of fused-ring (bicyclic) bond motifs is 1. The number of hydrogen-bond acceptors (Lipinski definition) is 11. The van der Waals surface area contributed by atoms with Crippen molar-refractivity contribution in [2.24, 2.45) is 0 Å². The van der Waals surface area contributed by atoms with E-state index in [9.17, 15) is 30.6 Å². The van der Waals surface area contributed by atoms with Gasteiger partial charge in [-0.05, 0) is 25.1 Å². The van der Waals surface area contributed by atoms with E-state index < -0.39 is 36.8 Å². The van der Waals surface area contributed by atoms with Gasteiger partial charge in [0.05, 0.1) is 25.9 Å². The SMILES string of the molecule is COc1cc(C2Oc3cc(O)cc(O)c3C=C2O[C@@H]2O[C@@H](C)[C@H](O)[C@@H](O)[C@@H]2O)cc(OC)c1O. The molecule has 2 aliphatic rings. The molecule has 4 rings (SSSR count). The van der Waals surface area contributed by atoms with Crippen LogP contribution in [0, 0.1) is 0 Å². The molecule has 6 N–H and O–H groups in total. The van der Waals surface area contributed by atoms with Crippen molar-refractivity contribution in [3.8, 4) is 34.5 Å². The van der Waals surface area contributed by atoms with E-state index in [4.69, 9.17) is 23.7 Å². The zero-order chi connectivity index (χ0) is 24.7. The summed E-state index contributed by atoms with van der Waals surface area (Å²) in [5, 5.41) is 61.0. The number of aliphatic hydroxyl groups is 3. The highest BCUT2D eigenvalue weighted by molar-refractivity contribution is 5.70. The molecule has 0 aliphatic carbocycles. The third-order valence-corrected chi connectivity index (χ3v) is 5.76. The van der Waals surface area contributed by atoms with Crippen LogP contribution in [-0.2, 0) is 9.47 Å². The van der Waals surface area contributed by atoms with Gasteiger partial charge in [0, 0.05) is 17.7 Å².